The van der Waals surface area contributed by atoms with Crippen LogP contribution in [0.1, 0.15) is 19.4 Å². The van der Waals surface area contributed by atoms with E-state index in [4.69, 9.17) is 20.3 Å². The van der Waals surface area contributed by atoms with Gasteiger partial charge >= 0.3 is 5.97 Å². The Labute approximate surface area is 107 Å². The lowest BCUT2D eigenvalue weighted by Gasteiger charge is -2.18. The van der Waals surface area contributed by atoms with E-state index in [0.717, 1.165) is 0 Å². The first-order valence-corrected chi connectivity index (χ1v) is 5.76. The highest BCUT2D eigenvalue weighted by Gasteiger charge is 2.19. The van der Waals surface area contributed by atoms with Crippen molar-refractivity contribution in [1.29, 1.82) is 0 Å². The third kappa shape index (κ3) is 3.63. The van der Waals surface area contributed by atoms with Gasteiger partial charge in [-0.25, -0.2) is 0 Å². The Morgan fingerprint density at radius 1 is 1.39 bits per heavy atom. The molecule has 5 heteroatoms. The van der Waals surface area contributed by atoms with Crippen LogP contribution in [0.5, 0.6) is 11.5 Å². The lowest BCUT2D eigenvalue weighted by atomic mass is 10.0. The average molecular weight is 253 g/mol. The van der Waals surface area contributed by atoms with Crippen LogP contribution in [-0.2, 0) is 11.2 Å². The van der Waals surface area contributed by atoms with Gasteiger partial charge in [0.2, 0.25) is 0 Å². The number of carbonyl (C=O) groups is 1. The highest BCUT2D eigenvalue weighted by atomic mass is 16.5. The summed E-state index contributed by atoms with van der Waals surface area (Å²) in [6.45, 7) is 3.81. The van der Waals surface area contributed by atoms with E-state index in [1.165, 1.54) is 7.11 Å². The van der Waals surface area contributed by atoms with Crippen molar-refractivity contribution in [2.75, 3.05) is 7.11 Å². The van der Waals surface area contributed by atoms with Gasteiger partial charge in [0.15, 0.2) is 0 Å². The Morgan fingerprint density at radius 3 is 2.50 bits per heavy atom. The summed E-state index contributed by atoms with van der Waals surface area (Å²) in [6.07, 6.45) is 0.165. The van der Waals surface area contributed by atoms with Crippen molar-refractivity contribution in [1.82, 2.24) is 0 Å². The molecule has 0 bridgehead atoms. The quantitative estimate of drug-likeness (QED) is 0.801. The minimum Gasteiger partial charge on any atom is -0.496 e. The van der Waals surface area contributed by atoms with E-state index in [1.54, 1.807) is 18.2 Å². The number of carboxylic acid groups (broad SMARTS) is 1. The van der Waals surface area contributed by atoms with Crippen molar-refractivity contribution in [3.05, 3.63) is 23.8 Å². The van der Waals surface area contributed by atoms with Crippen LogP contribution in [0.25, 0.3) is 0 Å². The molecule has 0 radical (unpaired) electrons. The molecule has 100 valence electrons. The van der Waals surface area contributed by atoms with E-state index >= 15 is 0 Å². The topological polar surface area (TPSA) is 81.8 Å². The molecule has 0 heterocycles. The Kier molecular flexibility index (Phi) is 4.97. The minimum absolute atomic E-state index is 0.00286. The van der Waals surface area contributed by atoms with Crippen LogP contribution >= 0.6 is 0 Å². The number of methoxy groups -OCH3 is 1. The molecule has 0 aliphatic rings. The summed E-state index contributed by atoms with van der Waals surface area (Å²) in [7, 11) is 1.53. The number of carboxylic acids is 1. The number of hydrogen-bond acceptors (Lipinski definition) is 4. The largest absolute Gasteiger partial charge is 0.496 e. The van der Waals surface area contributed by atoms with Crippen molar-refractivity contribution in [2.45, 2.75) is 32.4 Å². The van der Waals surface area contributed by atoms with Gasteiger partial charge in [-0.1, -0.05) is 6.07 Å². The predicted octanol–water partition coefficient (Wildman–Crippen LogP) is 1.44. The van der Waals surface area contributed by atoms with E-state index < -0.39 is 12.0 Å². The number of benzene rings is 1. The second-order valence-corrected chi connectivity index (χ2v) is 4.25. The summed E-state index contributed by atoms with van der Waals surface area (Å²) in [6, 6.07) is 4.37. The van der Waals surface area contributed by atoms with Gasteiger partial charge < -0.3 is 20.3 Å². The molecule has 0 amide bonds. The standard InChI is InChI=1S/C13H19NO4/c1-8(2)18-12-6-4-5-11(17-3)9(12)7-10(14)13(15)16/h4-6,8,10H,7,14H2,1-3H3,(H,15,16). The van der Waals surface area contributed by atoms with Gasteiger partial charge in [-0.05, 0) is 26.0 Å². The summed E-state index contributed by atoms with van der Waals surface area (Å²) in [5.74, 6) is 0.155. The van der Waals surface area contributed by atoms with Crippen LogP contribution < -0.4 is 15.2 Å². The lowest BCUT2D eigenvalue weighted by Crippen LogP contribution is -2.32. The SMILES string of the molecule is COc1cccc(OC(C)C)c1CC(N)C(=O)O. The molecule has 0 saturated carbocycles. The third-order valence-electron chi connectivity index (χ3n) is 2.41. The molecule has 0 aliphatic heterocycles. The van der Waals surface area contributed by atoms with Crippen molar-refractivity contribution >= 4 is 5.97 Å². The second kappa shape index (κ2) is 6.26. The molecule has 0 saturated heterocycles. The molecule has 1 aromatic carbocycles. The smallest absolute Gasteiger partial charge is 0.320 e. The van der Waals surface area contributed by atoms with E-state index in [2.05, 4.69) is 0 Å². The first-order valence-electron chi connectivity index (χ1n) is 5.76. The Hall–Kier alpha value is -1.75. The molecule has 0 aliphatic carbocycles. The van der Waals surface area contributed by atoms with Crippen LogP contribution in [0, 0.1) is 0 Å². The molecule has 0 spiro atoms. The van der Waals surface area contributed by atoms with Crippen LogP contribution in [0.15, 0.2) is 18.2 Å². The molecule has 5 nitrogen and oxygen atoms in total. The van der Waals surface area contributed by atoms with Crippen LogP contribution in [-0.4, -0.2) is 30.3 Å². The molecule has 1 unspecified atom stereocenters. The number of nitrogens with two attached hydrogens (primary N) is 1. The molecule has 1 aromatic rings. The van der Waals surface area contributed by atoms with Crippen molar-refractivity contribution in [2.24, 2.45) is 5.73 Å². The molecule has 1 rings (SSSR count). The maximum atomic E-state index is 10.8. The van der Waals surface area contributed by atoms with E-state index in [0.29, 0.717) is 17.1 Å². The van der Waals surface area contributed by atoms with E-state index in [9.17, 15) is 4.79 Å². The average Bonchev–Trinajstić information content (AvgIpc) is 2.30. The zero-order valence-corrected chi connectivity index (χ0v) is 10.8. The summed E-state index contributed by atoms with van der Waals surface area (Å²) < 4.78 is 10.9. The highest BCUT2D eigenvalue weighted by Crippen LogP contribution is 2.30. The van der Waals surface area contributed by atoms with Crippen LogP contribution in [0.3, 0.4) is 0 Å². The maximum Gasteiger partial charge on any atom is 0.320 e. The van der Waals surface area contributed by atoms with Crippen molar-refractivity contribution < 1.29 is 19.4 Å². The number of aliphatic carboxylic acids is 1. The fourth-order valence-electron chi connectivity index (χ4n) is 1.61. The van der Waals surface area contributed by atoms with Crippen LogP contribution in [0.4, 0.5) is 0 Å². The van der Waals surface area contributed by atoms with Gasteiger partial charge in [-0.3, -0.25) is 4.79 Å². The minimum atomic E-state index is -1.04. The highest BCUT2D eigenvalue weighted by molar-refractivity contribution is 5.74. The number of hydrogen-bond donors (Lipinski definition) is 2. The van der Waals surface area contributed by atoms with E-state index in [-0.39, 0.29) is 12.5 Å². The summed E-state index contributed by atoms with van der Waals surface area (Å²) in [4.78, 5) is 10.8. The van der Waals surface area contributed by atoms with Crippen LogP contribution in [0.2, 0.25) is 0 Å². The fourth-order valence-corrected chi connectivity index (χ4v) is 1.61. The molecule has 1 atom stereocenters. The monoisotopic (exact) mass is 253 g/mol. The second-order valence-electron chi connectivity index (χ2n) is 4.25. The zero-order valence-electron chi connectivity index (χ0n) is 10.8. The molecular formula is C13H19NO4. The zero-order chi connectivity index (χ0) is 13.7. The van der Waals surface area contributed by atoms with Gasteiger partial charge in [0.25, 0.3) is 0 Å². The van der Waals surface area contributed by atoms with Gasteiger partial charge in [0.05, 0.1) is 13.2 Å². The molecule has 18 heavy (non-hydrogen) atoms. The van der Waals surface area contributed by atoms with E-state index in [1.807, 2.05) is 13.8 Å². The Bertz CT molecular complexity index is 417. The van der Waals surface area contributed by atoms with Gasteiger partial charge in [0, 0.05) is 12.0 Å². The molecule has 3 N–H and O–H groups in total. The van der Waals surface area contributed by atoms with Gasteiger partial charge in [0.1, 0.15) is 17.5 Å². The maximum absolute atomic E-state index is 10.8. The normalized spacial score (nSPS) is 12.3. The first-order chi connectivity index (χ1) is 8.45. The fraction of sp³-hybridized carbons (Fsp3) is 0.462. The summed E-state index contributed by atoms with van der Waals surface area (Å²) in [5, 5.41) is 8.87. The first kappa shape index (κ1) is 14.3. The molecular weight excluding hydrogens is 234 g/mol. The summed E-state index contributed by atoms with van der Waals surface area (Å²) >= 11 is 0. The number of rotatable bonds is 6. The number of ether oxygens (including phenoxy) is 2. The third-order valence-corrected chi connectivity index (χ3v) is 2.41. The van der Waals surface area contributed by atoms with Crippen molar-refractivity contribution in [3.8, 4) is 11.5 Å². The summed E-state index contributed by atoms with van der Waals surface area (Å²) in [5.41, 5.74) is 6.25. The Balaban J connectivity index is 3.07. The predicted molar refractivity (Wildman–Crippen MR) is 68.1 cm³/mol. The van der Waals surface area contributed by atoms with Gasteiger partial charge in [-0.15, -0.1) is 0 Å². The lowest BCUT2D eigenvalue weighted by molar-refractivity contribution is -0.138. The molecule has 0 aromatic heterocycles. The van der Waals surface area contributed by atoms with Gasteiger partial charge in [-0.2, -0.15) is 0 Å². The Morgan fingerprint density at radius 2 is 2.00 bits per heavy atom. The molecule has 0 fully saturated rings. The van der Waals surface area contributed by atoms with Crippen molar-refractivity contribution in [3.63, 3.8) is 0 Å².